The van der Waals surface area contributed by atoms with Crippen LogP contribution < -0.4 is 21.3 Å². The molecular formula is C59H105N11O12. The zero-order chi connectivity index (χ0) is 63.7. The van der Waals surface area contributed by atoms with Gasteiger partial charge in [0.1, 0.15) is 54.4 Å². The summed E-state index contributed by atoms with van der Waals surface area (Å²) in [6.45, 7) is 26.7. The van der Waals surface area contributed by atoms with Crippen molar-refractivity contribution in [1.29, 1.82) is 0 Å². The number of aliphatic hydroxyl groups excluding tert-OH is 1. The van der Waals surface area contributed by atoms with E-state index in [9.17, 15) is 48.3 Å². The molecule has 82 heavy (non-hydrogen) atoms. The fraction of sp³-hybridized carbons (Fsp3) is 0.780. The first-order chi connectivity index (χ1) is 37.7. The standard InChI is InChI=1S/C59H105N11O12/c1-24-26-27-37(11)48(73)47-52(76)61-40(25-2)54(78)65(18)32-45(72)64(17)31-44(71)63-49(59(14,15)16)58(82)66(19)39(13)50(74)62-41(28-33(3)4)51(75)60-38(12)53(77)67(20)42(29-34(5)6)55(79)68(21)43(30-35(7)8)56(80)69(22)46(36(9)10)57(81)70(47)23/h24,26,33-43,46-49,73H,25,27-32H2,1-23H3,(H,60,75)(H,61,76)(H,62,74)(H,63,71)/b26-24+/t37-,38-,39+,40+,41+,42+,43+,46+,47+,48-,49-/m1/s1. The van der Waals surface area contributed by atoms with Crippen molar-refractivity contribution in [3.05, 3.63) is 12.2 Å². The van der Waals surface area contributed by atoms with Gasteiger partial charge in [-0.15, -0.1) is 0 Å². The lowest BCUT2D eigenvalue weighted by Crippen LogP contribution is -2.63. The van der Waals surface area contributed by atoms with Crippen LogP contribution in [0.15, 0.2) is 12.2 Å². The van der Waals surface area contributed by atoms with Crippen molar-refractivity contribution >= 4 is 65.0 Å². The number of hydrogen-bond acceptors (Lipinski definition) is 12. The predicted octanol–water partition coefficient (Wildman–Crippen LogP) is 2.24. The third-order valence-electron chi connectivity index (χ3n) is 15.3. The Kier molecular flexibility index (Phi) is 29.4. The fourth-order valence-corrected chi connectivity index (χ4v) is 9.93. The molecule has 0 radical (unpaired) electrons. The fourth-order valence-electron chi connectivity index (χ4n) is 9.93. The van der Waals surface area contributed by atoms with Gasteiger partial charge in [-0.25, -0.2) is 0 Å². The lowest BCUT2D eigenvalue weighted by Gasteiger charge is -2.41. The molecule has 11 amide bonds. The largest absolute Gasteiger partial charge is 0.390 e. The summed E-state index contributed by atoms with van der Waals surface area (Å²) in [6, 6.07) is -11.2. The maximum Gasteiger partial charge on any atom is 0.246 e. The maximum atomic E-state index is 15.1. The van der Waals surface area contributed by atoms with Gasteiger partial charge in [0.15, 0.2) is 0 Å². The predicted molar refractivity (Wildman–Crippen MR) is 315 cm³/mol. The average Bonchev–Trinajstić information content (AvgIpc) is 3.59. The number of nitrogens with zero attached hydrogens (tertiary/aromatic N) is 7. The van der Waals surface area contributed by atoms with Crippen molar-refractivity contribution in [2.24, 2.45) is 35.0 Å². The van der Waals surface area contributed by atoms with E-state index in [-0.39, 0.29) is 43.4 Å². The number of nitrogens with one attached hydrogen (secondary N) is 4. The molecule has 0 spiro atoms. The van der Waals surface area contributed by atoms with Gasteiger partial charge in [-0.1, -0.05) is 102 Å². The smallest absolute Gasteiger partial charge is 0.246 e. The molecule has 5 N–H and O–H groups in total. The van der Waals surface area contributed by atoms with Crippen LogP contribution in [-0.4, -0.2) is 227 Å². The van der Waals surface area contributed by atoms with Crippen LogP contribution in [0.4, 0.5) is 0 Å². The summed E-state index contributed by atoms with van der Waals surface area (Å²) in [4.78, 5) is 166. The maximum absolute atomic E-state index is 15.1. The monoisotopic (exact) mass is 1160 g/mol. The summed E-state index contributed by atoms with van der Waals surface area (Å²) >= 11 is 0. The molecule has 1 heterocycles. The van der Waals surface area contributed by atoms with E-state index < -0.39 is 156 Å². The molecule has 0 bridgehead atoms. The Morgan fingerprint density at radius 1 is 0.537 bits per heavy atom. The van der Waals surface area contributed by atoms with E-state index in [0.717, 1.165) is 19.6 Å². The minimum atomic E-state index is -1.60. The molecule has 0 aromatic rings. The van der Waals surface area contributed by atoms with Crippen molar-refractivity contribution < 1.29 is 57.8 Å². The molecule has 1 saturated heterocycles. The first-order valence-electron chi connectivity index (χ1n) is 29.0. The van der Waals surface area contributed by atoms with Gasteiger partial charge in [0.2, 0.25) is 65.0 Å². The van der Waals surface area contributed by atoms with Crippen LogP contribution in [0.1, 0.15) is 143 Å². The van der Waals surface area contributed by atoms with E-state index >= 15 is 9.59 Å². The highest BCUT2D eigenvalue weighted by molar-refractivity contribution is 5.99. The minimum Gasteiger partial charge on any atom is -0.390 e. The second-order valence-electron chi connectivity index (χ2n) is 25.3. The van der Waals surface area contributed by atoms with Crippen molar-refractivity contribution in [3.8, 4) is 0 Å². The summed E-state index contributed by atoms with van der Waals surface area (Å²) in [5.41, 5.74) is -0.923. The second kappa shape index (κ2) is 32.6. The van der Waals surface area contributed by atoms with Crippen LogP contribution in [0.25, 0.3) is 0 Å². The summed E-state index contributed by atoms with van der Waals surface area (Å²) < 4.78 is 0. The first kappa shape index (κ1) is 73.9. The van der Waals surface area contributed by atoms with E-state index in [1.165, 1.54) is 77.9 Å². The quantitative estimate of drug-likeness (QED) is 0.176. The minimum absolute atomic E-state index is 0.0246. The number of carbonyl (C=O) groups is 11. The lowest BCUT2D eigenvalue weighted by molar-refractivity contribution is -0.157. The Morgan fingerprint density at radius 2 is 1.01 bits per heavy atom. The van der Waals surface area contributed by atoms with Gasteiger partial charge < -0.3 is 60.7 Å². The molecular weight excluding hydrogens is 1050 g/mol. The zero-order valence-corrected chi connectivity index (χ0v) is 53.8. The molecule has 0 aromatic carbocycles. The Hall–Kier alpha value is -6.13. The topological polar surface area (TPSA) is 279 Å². The average molecular weight is 1160 g/mol. The van der Waals surface area contributed by atoms with E-state index in [2.05, 4.69) is 21.3 Å². The van der Waals surface area contributed by atoms with Crippen molar-refractivity contribution in [3.63, 3.8) is 0 Å². The molecule has 1 aliphatic heterocycles. The SMILES string of the molecule is C/C=C/C[C@@H](C)[C@@H](O)[C@H]1C(=O)N[C@@H](CC)C(=O)N(C)CC(=O)N(C)CC(=O)N[C@@H](C(C)(C)C)C(=O)N(C)[C@@H](C)C(=O)N[C@@H](CC(C)C)C(=O)N[C@H](C)C(=O)N(C)[C@@H](CC(C)C)C(=O)N(C)[C@@H](CC(C)C)C(=O)N(C)[C@@H](C(C)C)C(=O)N1C. The number of carbonyl (C=O) groups excluding carboxylic acids is 11. The normalized spacial score (nSPS) is 26.6. The summed E-state index contributed by atoms with van der Waals surface area (Å²) in [7, 11) is 9.75. The van der Waals surface area contributed by atoms with Crippen LogP contribution in [-0.2, 0) is 52.7 Å². The number of likely N-dealkylation sites (N-methyl/N-ethyl adjacent to an activating group) is 7. The molecule has 0 unspecified atom stereocenters. The van der Waals surface area contributed by atoms with Crippen molar-refractivity contribution in [2.75, 3.05) is 62.4 Å². The molecule has 1 rings (SSSR count). The highest BCUT2D eigenvalue weighted by Crippen LogP contribution is 2.26. The van der Waals surface area contributed by atoms with Crippen LogP contribution in [0.5, 0.6) is 0 Å². The Morgan fingerprint density at radius 3 is 1.48 bits per heavy atom. The van der Waals surface area contributed by atoms with Gasteiger partial charge in [0.25, 0.3) is 0 Å². The van der Waals surface area contributed by atoms with Crippen LogP contribution >= 0.6 is 0 Å². The number of allylic oxidation sites excluding steroid dienone is 2. The van der Waals surface area contributed by atoms with Crippen LogP contribution in [0.2, 0.25) is 0 Å². The van der Waals surface area contributed by atoms with Gasteiger partial charge in [-0.3, -0.25) is 52.7 Å². The van der Waals surface area contributed by atoms with E-state index in [1.807, 2.05) is 41.5 Å². The molecule has 0 aliphatic carbocycles. The van der Waals surface area contributed by atoms with Gasteiger partial charge in [-0.05, 0) is 87.9 Å². The summed E-state index contributed by atoms with van der Waals surface area (Å²) in [5.74, 6) is -9.18. The second-order valence-corrected chi connectivity index (χ2v) is 25.3. The van der Waals surface area contributed by atoms with E-state index in [4.69, 9.17) is 0 Å². The van der Waals surface area contributed by atoms with Crippen molar-refractivity contribution in [1.82, 2.24) is 55.6 Å². The highest BCUT2D eigenvalue weighted by Gasteiger charge is 2.45. The van der Waals surface area contributed by atoms with Crippen LogP contribution in [0.3, 0.4) is 0 Å². The Bertz CT molecular complexity index is 2270. The van der Waals surface area contributed by atoms with Gasteiger partial charge in [0.05, 0.1) is 19.2 Å². The van der Waals surface area contributed by atoms with Gasteiger partial charge in [0, 0.05) is 49.3 Å². The molecule has 1 aliphatic rings. The Labute approximate surface area is 489 Å². The summed E-state index contributed by atoms with van der Waals surface area (Å²) in [6.07, 6.45) is 2.86. The third-order valence-corrected chi connectivity index (χ3v) is 15.3. The number of aliphatic hydroxyl groups is 1. The number of amides is 11. The van der Waals surface area contributed by atoms with E-state index in [1.54, 1.807) is 67.5 Å². The molecule has 0 saturated carbocycles. The van der Waals surface area contributed by atoms with E-state index in [0.29, 0.717) is 6.42 Å². The molecule has 11 atom stereocenters. The van der Waals surface area contributed by atoms with Crippen LogP contribution in [0, 0.1) is 35.0 Å². The lowest BCUT2D eigenvalue weighted by atomic mass is 9.85. The molecule has 0 aromatic heterocycles. The molecule has 468 valence electrons. The number of hydrogen-bond donors (Lipinski definition) is 5. The first-order valence-corrected chi connectivity index (χ1v) is 29.0. The van der Waals surface area contributed by atoms with Crippen molar-refractivity contribution in [2.45, 2.75) is 203 Å². The molecule has 1 fully saturated rings. The molecule has 23 nitrogen and oxygen atoms in total. The van der Waals surface area contributed by atoms with Gasteiger partial charge in [-0.2, -0.15) is 0 Å². The Balaban J connectivity index is 4.23. The molecule has 23 heteroatoms. The number of rotatable bonds is 12. The third kappa shape index (κ3) is 20.6. The van der Waals surface area contributed by atoms with Gasteiger partial charge >= 0.3 is 0 Å². The summed E-state index contributed by atoms with van der Waals surface area (Å²) in [5, 5.41) is 22.9. The zero-order valence-electron chi connectivity index (χ0n) is 53.8. The highest BCUT2D eigenvalue weighted by atomic mass is 16.3.